The first kappa shape index (κ1) is 16.5. The number of rotatable bonds is 8. The zero-order chi connectivity index (χ0) is 14.3. The predicted molar refractivity (Wildman–Crippen MR) is 83.0 cm³/mol. The average molecular weight is 330 g/mol. The monoisotopic (exact) mass is 329 g/mol. The SMILES string of the molecule is CCCC(OC)C(Cc1ccc(OC)c(Br)c1)NC. The van der Waals surface area contributed by atoms with Gasteiger partial charge in [0, 0.05) is 13.2 Å². The minimum absolute atomic E-state index is 0.246. The van der Waals surface area contributed by atoms with E-state index in [0.717, 1.165) is 29.5 Å². The van der Waals surface area contributed by atoms with Crippen LogP contribution in [-0.2, 0) is 11.2 Å². The van der Waals surface area contributed by atoms with E-state index in [4.69, 9.17) is 9.47 Å². The van der Waals surface area contributed by atoms with Gasteiger partial charge < -0.3 is 14.8 Å². The molecule has 2 unspecified atom stereocenters. The second-order valence-electron chi connectivity index (χ2n) is 4.63. The predicted octanol–water partition coefficient (Wildman–Crippen LogP) is 3.40. The van der Waals surface area contributed by atoms with Gasteiger partial charge in [-0.05, 0) is 53.5 Å². The van der Waals surface area contributed by atoms with Crippen molar-refractivity contribution in [2.24, 2.45) is 0 Å². The Morgan fingerprint density at radius 1 is 1.32 bits per heavy atom. The number of methoxy groups -OCH3 is 2. The van der Waals surface area contributed by atoms with Gasteiger partial charge in [-0.1, -0.05) is 19.4 Å². The summed E-state index contributed by atoms with van der Waals surface area (Å²) in [6.07, 6.45) is 3.38. The molecule has 1 N–H and O–H groups in total. The molecule has 108 valence electrons. The van der Waals surface area contributed by atoms with Gasteiger partial charge in [-0.15, -0.1) is 0 Å². The second-order valence-corrected chi connectivity index (χ2v) is 5.49. The van der Waals surface area contributed by atoms with Gasteiger partial charge in [0.15, 0.2) is 0 Å². The number of likely N-dealkylation sites (N-methyl/N-ethyl adjacent to an activating group) is 1. The van der Waals surface area contributed by atoms with Crippen LogP contribution in [0.3, 0.4) is 0 Å². The molecule has 1 aromatic rings. The van der Waals surface area contributed by atoms with Crippen LogP contribution in [0.5, 0.6) is 5.75 Å². The minimum atomic E-state index is 0.246. The summed E-state index contributed by atoms with van der Waals surface area (Å²) in [4.78, 5) is 0. The van der Waals surface area contributed by atoms with Crippen LogP contribution in [0.2, 0.25) is 0 Å². The van der Waals surface area contributed by atoms with Gasteiger partial charge in [0.25, 0.3) is 0 Å². The van der Waals surface area contributed by atoms with Crippen molar-refractivity contribution >= 4 is 15.9 Å². The number of benzene rings is 1. The second kappa shape index (κ2) is 8.56. The van der Waals surface area contributed by atoms with Crippen LogP contribution >= 0.6 is 15.9 Å². The van der Waals surface area contributed by atoms with Crippen molar-refractivity contribution in [1.29, 1.82) is 0 Å². The molecule has 0 radical (unpaired) electrons. The van der Waals surface area contributed by atoms with Gasteiger partial charge in [-0.25, -0.2) is 0 Å². The Kier molecular flexibility index (Phi) is 7.42. The molecule has 0 amide bonds. The van der Waals surface area contributed by atoms with Crippen molar-refractivity contribution in [3.63, 3.8) is 0 Å². The summed E-state index contributed by atoms with van der Waals surface area (Å²) < 4.78 is 11.8. The molecule has 0 bridgehead atoms. The molecule has 0 aliphatic heterocycles. The third-order valence-corrected chi connectivity index (χ3v) is 3.99. The van der Waals surface area contributed by atoms with Crippen LogP contribution in [0, 0.1) is 0 Å². The topological polar surface area (TPSA) is 30.5 Å². The number of halogens is 1. The van der Waals surface area contributed by atoms with Gasteiger partial charge in [-0.3, -0.25) is 0 Å². The molecule has 0 saturated heterocycles. The summed E-state index contributed by atoms with van der Waals surface area (Å²) in [5, 5.41) is 3.36. The lowest BCUT2D eigenvalue weighted by atomic mass is 9.98. The molecule has 0 aliphatic rings. The van der Waals surface area contributed by atoms with E-state index in [2.05, 4.69) is 40.3 Å². The number of nitrogens with one attached hydrogen (secondary N) is 1. The van der Waals surface area contributed by atoms with E-state index in [0.29, 0.717) is 6.04 Å². The molecular formula is C15H24BrNO2. The number of hydrogen-bond acceptors (Lipinski definition) is 3. The molecule has 19 heavy (non-hydrogen) atoms. The van der Waals surface area contributed by atoms with Crippen molar-refractivity contribution in [3.05, 3.63) is 28.2 Å². The lowest BCUT2D eigenvalue weighted by molar-refractivity contribution is 0.0633. The normalized spacial score (nSPS) is 14.2. The maximum atomic E-state index is 5.59. The molecule has 1 aromatic carbocycles. The van der Waals surface area contributed by atoms with Gasteiger partial charge in [-0.2, -0.15) is 0 Å². The molecule has 0 aliphatic carbocycles. The van der Waals surface area contributed by atoms with E-state index in [1.165, 1.54) is 5.56 Å². The fraction of sp³-hybridized carbons (Fsp3) is 0.600. The molecule has 0 aromatic heterocycles. The highest BCUT2D eigenvalue weighted by molar-refractivity contribution is 9.10. The van der Waals surface area contributed by atoms with E-state index < -0.39 is 0 Å². The van der Waals surface area contributed by atoms with E-state index in [9.17, 15) is 0 Å². The smallest absolute Gasteiger partial charge is 0.133 e. The summed E-state index contributed by atoms with van der Waals surface area (Å²) in [5.41, 5.74) is 1.27. The molecule has 4 heteroatoms. The standard InChI is InChI=1S/C15H24BrNO2/c1-5-6-15(19-4)13(17-2)10-11-7-8-14(18-3)12(16)9-11/h7-9,13,15,17H,5-6,10H2,1-4H3. The zero-order valence-corrected chi connectivity index (χ0v) is 13.8. The van der Waals surface area contributed by atoms with Gasteiger partial charge in [0.2, 0.25) is 0 Å². The highest BCUT2D eigenvalue weighted by atomic mass is 79.9. The van der Waals surface area contributed by atoms with Crippen molar-refractivity contribution in [2.75, 3.05) is 21.3 Å². The molecule has 2 atom stereocenters. The van der Waals surface area contributed by atoms with Crippen LogP contribution < -0.4 is 10.1 Å². The molecule has 0 fully saturated rings. The Hall–Kier alpha value is -0.580. The quantitative estimate of drug-likeness (QED) is 0.792. The summed E-state index contributed by atoms with van der Waals surface area (Å²) in [5.74, 6) is 0.863. The summed E-state index contributed by atoms with van der Waals surface area (Å²) in [6.45, 7) is 2.18. The summed E-state index contributed by atoms with van der Waals surface area (Å²) >= 11 is 3.53. The first-order valence-electron chi connectivity index (χ1n) is 6.68. The van der Waals surface area contributed by atoms with Gasteiger partial charge in [0.1, 0.15) is 5.75 Å². The first-order valence-corrected chi connectivity index (χ1v) is 7.48. The largest absolute Gasteiger partial charge is 0.496 e. The molecule has 0 heterocycles. The van der Waals surface area contributed by atoms with Crippen LogP contribution in [0.15, 0.2) is 22.7 Å². The molecular weight excluding hydrogens is 306 g/mol. The van der Waals surface area contributed by atoms with Crippen LogP contribution in [0.25, 0.3) is 0 Å². The lowest BCUT2D eigenvalue weighted by Gasteiger charge is -2.25. The van der Waals surface area contributed by atoms with Crippen molar-refractivity contribution in [2.45, 2.75) is 38.3 Å². The van der Waals surface area contributed by atoms with Gasteiger partial charge >= 0.3 is 0 Å². The van der Waals surface area contributed by atoms with Crippen LogP contribution in [-0.4, -0.2) is 33.4 Å². The van der Waals surface area contributed by atoms with E-state index in [-0.39, 0.29) is 6.10 Å². The maximum absolute atomic E-state index is 5.59. The number of hydrogen-bond donors (Lipinski definition) is 1. The van der Waals surface area contributed by atoms with Crippen molar-refractivity contribution in [1.82, 2.24) is 5.32 Å². The highest BCUT2D eigenvalue weighted by Crippen LogP contribution is 2.26. The third-order valence-electron chi connectivity index (χ3n) is 3.37. The third kappa shape index (κ3) is 4.79. The van der Waals surface area contributed by atoms with Crippen molar-refractivity contribution < 1.29 is 9.47 Å². The average Bonchev–Trinajstić information content (AvgIpc) is 2.42. The zero-order valence-electron chi connectivity index (χ0n) is 12.2. The Labute approximate surface area is 124 Å². The molecule has 1 rings (SSSR count). The first-order chi connectivity index (χ1) is 9.15. The fourth-order valence-electron chi connectivity index (χ4n) is 2.28. The highest BCUT2D eigenvalue weighted by Gasteiger charge is 2.19. The lowest BCUT2D eigenvalue weighted by Crippen LogP contribution is -2.40. The molecule has 3 nitrogen and oxygen atoms in total. The van der Waals surface area contributed by atoms with Crippen LogP contribution in [0.4, 0.5) is 0 Å². The maximum Gasteiger partial charge on any atom is 0.133 e. The Balaban J connectivity index is 2.77. The number of ether oxygens (including phenoxy) is 2. The fourth-order valence-corrected chi connectivity index (χ4v) is 2.87. The van der Waals surface area contributed by atoms with Gasteiger partial charge in [0.05, 0.1) is 17.7 Å². The van der Waals surface area contributed by atoms with Crippen molar-refractivity contribution in [3.8, 4) is 5.75 Å². The Bertz CT molecular complexity index is 384. The van der Waals surface area contributed by atoms with E-state index in [1.807, 2.05) is 13.1 Å². The Morgan fingerprint density at radius 3 is 2.53 bits per heavy atom. The summed E-state index contributed by atoms with van der Waals surface area (Å²) in [7, 11) is 5.46. The Morgan fingerprint density at radius 2 is 2.05 bits per heavy atom. The summed E-state index contributed by atoms with van der Waals surface area (Å²) in [6, 6.07) is 6.53. The minimum Gasteiger partial charge on any atom is -0.496 e. The molecule has 0 spiro atoms. The van der Waals surface area contributed by atoms with E-state index >= 15 is 0 Å². The molecule has 0 saturated carbocycles. The van der Waals surface area contributed by atoms with E-state index in [1.54, 1.807) is 14.2 Å². The van der Waals surface area contributed by atoms with Crippen LogP contribution in [0.1, 0.15) is 25.3 Å².